The molecule has 0 heterocycles. The predicted octanol–water partition coefficient (Wildman–Crippen LogP) is 3.15. The van der Waals surface area contributed by atoms with Crippen molar-refractivity contribution in [2.24, 2.45) is 5.73 Å². The van der Waals surface area contributed by atoms with Crippen molar-refractivity contribution in [1.82, 2.24) is 0 Å². The van der Waals surface area contributed by atoms with E-state index in [4.69, 9.17) is 10.5 Å². The molecule has 0 radical (unpaired) electrons. The van der Waals surface area contributed by atoms with Crippen LogP contribution in [0, 0.1) is 13.8 Å². The van der Waals surface area contributed by atoms with Crippen LogP contribution in [-0.4, -0.2) is 32.0 Å². The summed E-state index contributed by atoms with van der Waals surface area (Å²) in [6.07, 6.45) is -3.52. The van der Waals surface area contributed by atoms with E-state index in [1.54, 1.807) is 0 Å². The molecule has 21 heavy (non-hydrogen) atoms. The van der Waals surface area contributed by atoms with Crippen LogP contribution in [0.5, 0.6) is 5.75 Å². The van der Waals surface area contributed by atoms with Crippen LogP contribution in [0.15, 0.2) is 12.1 Å². The van der Waals surface area contributed by atoms with Crippen molar-refractivity contribution in [1.29, 1.82) is 0 Å². The number of nitrogens with two attached hydrogens (primary N) is 1. The highest BCUT2D eigenvalue weighted by molar-refractivity contribution is 5.43. The average Bonchev–Trinajstić information content (AvgIpc) is 2.29. The Hall–Kier alpha value is -1.27. The Morgan fingerprint density at radius 3 is 2.19 bits per heavy atom. The van der Waals surface area contributed by atoms with E-state index in [1.807, 2.05) is 32.9 Å². The molecule has 0 aliphatic heterocycles. The fraction of sp³-hybridized carbons (Fsp3) is 0.600. The van der Waals surface area contributed by atoms with Gasteiger partial charge in [0.05, 0.1) is 6.61 Å². The van der Waals surface area contributed by atoms with Gasteiger partial charge in [-0.15, -0.1) is 0 Å². The Bertz CT molecular complexity index is 436. The number of halogens is 3. The zero-order valence-electron chi connectivity index (χ0n) is 12.6. The van der Waals surface area contributed by atoms with Gasteiger partial charge in [0.15, 0.2) is 0 Å². The maximum Gasteiger partial charge on any atom is 0.411 e. The van der Waals surface area contributed by atoms with Crippen LogP contribution >= 0.6 is 0 Å². The van der Waals surface area contributed by atoms with Gasteiger partial charge in [0.2, 0.25) is 0 Å². The molecule has 0 amide bonds. The van der Waals surface area contributed by atoms with Gasteiger partial charge in [-0.05, 0) is 43.9 Å². The Balaban J connectivity index is 2.52. The summed E-state index contributed by atoms with van der Waals surface area (Å²) < 4.78 is 45.7. The highest BCUT2D eigenvalue weighted by Gasteiger charge is 2.27. The summed E-state index contributed by atoms with van der Waals surface area (Å²) in [5.41, 5.74) is 8.79. The molecule has 0 aliphatic rings. The third-order valence-electron chi connectivity index (χ3n) is 2.82. The Labute approximate surface area is 123 Å². The zero-order chi connectivity index (χ0) is 16.0. The van der Waals surface area contributed by atoms with E-state index in [2.05, 4.69) is 4.74 Å². The topological polar surface area (TPSA) is 44.5 Å². The highest BCUT2D eigenvalue weighted by atomic mass is 19.4. The summed E-state index contributed by atoms with van der Waals surface area (Å²) in [5, 5.41) is 0. The van der Waals surface area contributed by atoms with Gasteiger partial charge in [0, 0.05) is 6.04 Å². The van der Waals surface area contributed by atoms with Gasteiger partial charge in [0.25, 0.3) is 0 Å². The van der Waals surface area contributed by atoms with Crippen LogP contribution < -0.4 is 10.5 Å². The number of alkyl halides is 3. The first-order valence-electron chi connectivity index (χ1n) is 6.82. The third kappa shape index (κ3) is 6.82. The van der Waals surface area contributed by atoms with E-state index in [1.165, 1.54) is 0 Å². The molecule has 1 rings (SSSR count). The van der Waals surface area contributed by atoms with Crippen molar-refractivity contribution in [3.05, 3.63) is 28.8 Å². The third-order valence-corrected chi connectivity index (χ3v) is 2.82. The number of hydrogen-bond donors (Lipinski definition) is 1. The van der Waals surface area contributed by atoms with E-state index in [0.717, 1.165) is 23.1 Å². The van der Waals surface area contributed by atoms with Gasteiger partial charge >= 0.3 is 6.18 Å². The standard InChI is InChI=1S/C15H22F3NO2/c1-10-6-13(8-12(3)19)7-11(2)14(10)21-5-4-20-9-15(16,17)18/h6-7,12H,4-5,8-9,19H2,1-3H3. The lowest BCUT2D eigenvalue weighted by Crippen LogP contribution is -2.20. The molecular weight excluding hydrogens is 283 g/mol. The molecule has 3 nitrogen and oxygen atoms in total. The van der Waals surface area contributed by atoms with Crippen LogP contribution in [0.2, 0.25) is 0 Å². The number of hydrogen-bond acceptors (Lipinski definition) is 3. The summed E-state index contributed by atoms with van der Waals surface area (Å²) in [6.45, 7) is 4.49. The van der Waals surface area contributed by atoms with Crippen molar-refractivity contribution >= 4 is 0 Å². The first-order valence-corrected chi connectivity index (χ1v) is 6.82. The van der Waals surface area contributed by atoms with Crippen LogP contribution in [0.4, 0.5) is 13.2 Å². The summed E-state index contributed by atoms with van der Waals surface area (Å²) >= 11 is 0. The second kappa shape index (κ2) is 7.66. The molecule has 0 fully saturated rings. The van der Waals surface area contributed by atoms with Crippen LogP contribution in [-0.2, 0) is 11.2 Å². The quantitative estimate of drug-likeness (QED) is 0.787. The first-order chi connectivity index (χ1) is 9.69. The molecule has 2 N–H and O–H groups in total. The monoisotopic (exact) mass is 305 g/mol. The maximum atomic E-state index is 11.9. The van der Waals surface area contributed by atoms with Crippen LogP contribution in [0.3, 0.4) is 0 Å². The Morgan fingerprint density at radius 2 is 1.71 bits per heavy atom. The minimum atomic E-state index is -4.30. The minimum Gasteiger partial charge on any atom is -0.491 e. The number of rotatable bonds is 7. The van der Waals surface area contributed by atoms with E-state index >= 15 is 0 Å². The maximum absolute atomic E-state index is 11.9. The molecule has 0 spiro atoms. The summed E-state index contributed by atoms with van der Waals surface area (Å²) in [4.78, 5) is 0. The van der Waals surface area contributed by atoms with Crippen molar-refractivity contribution in [2.75, 3.05) is 19.8 Å². The lowest BCUT2D eigenvalue weighted by molar-refractivity contribution is -0.175. The van der Waals surface area contributed by atoms with E-state index in [9.17, 15) is 13.2 Å². The SMILES string of the molecule is Cc1cc(CC(C)N)cc(C)c1OCCOCC(F)(F)F. The van der Waals surface area contributed by atoms with Crippen molar-refractivity contribution in [2.45, 2.75) is 39.4 Å². The molecule has 6 heteroatoms. The summed E-state index contributed by atoms with van der Waals surface area (Å²) in [7, 11) is 0. The van der Waals surface area contributed by atoms with Crippen molar-refractivity contribution in [3.8, 4) is 5.75 Å². The summed E-state index contributed by atoms with van der Waals surface area (Å²) in [5.74, 6) is 0.694. The van der Waals surface area contributed by atoms with Gasteiger partial charge in [-0.2, -0.15) is 13.2 Å². The average molecular weight is 305 g/mol. The number of aryl methyl sites for hydroxylation is 2. The van der Waals surface area contributed by atoms with Crippen molar-refractivity contribution < 1.29 is 22.6 Å². The molecule has 0 saturated heterocycles. The fourth-order valence-corrected chi connectivity index (χ4v) is 2.15. The van der Waals surface area contributed by atoms with Gasteiger partial charge in [-0.1, -0.05) is 12.1 Å². The first kappa shape index (κ1) is 17.8. The van der Waals surface area contributed by atoms with E-state index in [-0.39, 0.29) is 19.3 Å². The molecule has 120 valence electrons. The molecule has 1 unspecified atom stereocenters. The largest absolute Gasteiger partial charge is 0.491 e. The fourth-order valence-electron chi connectivity index (χ4n) is 2.15. The lowest BCUT2D eigenvalue weighted by atomic mass is 10.0. The highest BCUT2D eigenvalue weighted by Crippen LogP contribution is 2.25. The molecule has 0 bridgehead atoms. The molecule has 1 aromatic rings. The number of benzene rings is 1. The second-order valence-corrected chi connectivity index (χ2v) is 5.26. The molecular formula is C15H22F3NO2. The molecule has 0 saturated carbocycles. The smallest absolute Gasteiger partial charge is 0.411 e. The molecule has 1 aromatic carbocycles. The van der Waals surface area contributed by atoms with Crippen molar-refractivity contribution in [3.63, 3.8) is 0 Å². The summed E-state index contributed by atoms with van der Waals surface area (Å²) in [6, 6.07) is 4.05. The molecule has 0 aromatic heterocycles. The minimum absolute atomic E-state index is 0.0753. The predicted molar refractivity (Wildman–Crippen MR) is 75.6 cm³/mol. The van der Waals surface area contributed by atoms with E-state index in [0.29, 0.717) is 5.75 Å². The molecule has 0 aliphatic carbocycles. The zero-order valence-corrected chi connectivity index (χ0v) is 12.6. The lowest BCUT2D eigenvalue weighted by Gasteiger charge is -2.15. The normalized spacial score (nSPS) is 13.3. The number of ether oxygens (including phenoxy) is 2. The Kier molecular flexibility index (Phi) is 6.48. The van der Waals surface area contributed by atoms with Gasteiger partial charge in [-0.3, -0.25) is 0 Å². The van der Waals surface area contributed by atoms with Crippen LogP contribution in [0.25, 0.3) is 0 Å². The van der Waals surface area contributed by atoms with Gasteiger partial charge in [-0.25, -0.2) is 0 Å². The molecule has 1 atom stereocenters. The van der Waals surface area contributed by atoms with Crippen LogP contribution in [0.1, 0.15) is 23.6 Å². The van der Waals surface area contributed by atoms with Gasteiger partial charge < -0.3 is 15.2 Å². The Morgan fingerprint density at radius 1 is 1.14 bits per heavy atom. The van der Waals surface area contributed by atoms with Gasteiger partial charge in [0.1, 0.15) is 19.0 Å². The second-order valence-electron chi connectivity index (χ2n) is 5.26. The van der Waals surface area contributed by atoms with E-state index < -0.39 is 12.8 Å².